The molecule has 0 saturated heterocycles. The zero-order valence-corrected chi connectivity index (χ0v) is 22.1. The van der Waals surface area contributed by atoms with Crippen LogP contribution in [0.3, 0.4) is 0 Å². The van der Waals surface area contributed by atoms with Gasteiger partial charge in [-0.25, -0.2) is 0 Å². The molecule has 1 amide bonds. The third kappa shape index (κ3) is 5.59. The molecule has 0 bridgehead atoms. The number of fused-ring (bicyclic) bond motifs is 1. The predicted molar refractivity (Wildman–Crippen MR) is 149 cm³/mol. The Morgan fingerprint density at radius 1 is 0.973 bits per heavy atom. The summed E-state index contributed by atoms with van der Waals surface area (Å²) in [5.41, 5.74) is 2.35. The summed E-state index contributed by atoms with van der Waals surface area (Å²) < 4.78 is 7.19. The first-order valence-electron chi connectivity index (χ1n) is 11.4. The molecule has 0 aliphatic heterocycles. The maximum absolute atomic E-state index is 13.1. The highest BCUT2D eigenvalue weighted by molar-refractivity contribution is 7.98. The largest absolute Gasteiger partial charge is 0.497 e. The van der Waals surface area contributed by atoms with Gasteiger partial charge in [0.2, 0.25) is 0 Å². The van der Waals surface area contributed by atoms with Crippen molar-refractivity contribution in [1.29, 1.82) is 0 Å². The van der Waals surface area contributed by atoms with Crippen LogP contribution >= 0.6 is 35.0 Å². The quantitative estimate of drug-likeness (QED) is 0.212. The highest BCUT2D eigenvalue weighted by atomic mass is 35.5. The molecule has 0 atom stereocenters. The Balaban J connectivity index is 1.43. The monoisotopic (exact) mass is 548 g/mol. The minimum Gasteiger partial charge on any atom is -0.497 e. The van der Waals surface area contributed by atoms with Crippen molar-refractivity contribution in [2.45, 2.75) is 17.5 Å². The lowest BCUT2D eigenvalue weighted by atomic mass is 10.0. The normalized spacial score (nSPS) is 11.0. The Morgan fingerprint density at radius 2 is 1.78 bits per heavy atom. The summed E-state index contributed by atoms with van der Waals surface area (Å²) in [5, 5.41) is 15.3. The number of nitrogens with zero attached hydrogens (tertiary/aromatic N) is 3. The third-order valence-electron chi connectivity index (χ3n) is 5.79. The van der Waals surface area contributed by atoms with Gasteiger partial charge in [-0.1, -0.05) is 83.5 Å². The van der Waals surface area contributed by atoms with E-state index in [1.165, 1.54) is 11.8 Å². The number of thioether (sulfide) groups is 1. The summed E-state index contributed by atoms with van der Waals surface area (Å²) >= 11 is 14.2. The van der Waals surface area contributed by atoms with Crippen LogP contribution in [-0.4, -0.2) is 27.8 Å². The number of hydrogen-bond acceptors (Lipinski definition) is 5. The fourth-order valence-electron chi connectivity index (χ4n) is 4.00. The van der Waals surface area contributed by atoms with Crippen LogP contribution in [0.25, 0.3) is 16.5 Å². The van der Waals surface area contributed by atoms with Gasteiger partial charge >= 0.3 is 0 Å². The maximum atomic E-state index is 13.1. The van der Waals surface area contributed by atoms with E-state index in [1.807, 2.05) is 77.4 Å². The average molecular weight is 549 g/mol. The molecular formula is C28H22Cl2N4O2S. The van der Waals surface area contributed by atoms with Gasteiger partial charge in [0.1, 0.15) is 5.75 Å². The zero-order valence-electron chi connectivity index (χ0n) is 19.8. The van der Waals surface area contributed by atoms with Crippen LogP contribution in [-0.2, 0) is 12.3 Å². The van der Waals surface area contributed by atoms with E-state index in [2.05, 4.69) is 15.5 Å². The minimum absolute atomic E-state index is 0.160. The molecule has 0 radical (unpaired) electrons. The Kier molecular flexibility index (Phi) is 7.65. The van der Waals surface area contributed by atoms with Crippen molar-refractivity contribution in [3.63, 3.8) is 0 Å². The van der Waals surface area contributed by atoms with Gasteiger partial charge in [0.25, 0.3) is 5.91 Å². The molecule has 1 N–H and O–H groups in total. The van der Waals surface area contributed by atoms with Crippen molar-refractivity contribution in [3.8, 4) is 11.4 Å². The molecule has 0 aliphatic carbocycles. The minimum atomic E-state index is -0.195. The molecule has 37 heavy (non-hydrogen) atoms. The zero-order chi connectivity index (χ0) is 25.8. The summed E-state index contributed by atoms with van der Waals surface area (Å²) in [5.74, 6) is 1.78. The number of ether oxygens (including phenoxy) is 1. The van der Waals surface area contributed by atoms with Crippen molar-refractivity contribution in [3.05, 3.63) is 112 Å². The Labute approximate surface area is 228 Å². The number of benzene rings is 4. The van der Waals surface area contributed by atoms with E-state index < -0.39 is 0 Å². The number of rotatable bonds is 8. The van der Waals surface area contributed by atoms with E-state index in [9.17, 15) is 4.79 Å². The maximum Gasteiger partial charge on any atom is 0.252 e. The summed E-state index contributed by atoms with van der Waals surface area (Å²) in [6.07, 6.45) is 0. The number of carbonyl (C=O) groups excluding carboxylic acids is 1. The van der Waals surface area contributed by atoms with Crippen LogP contribution in [0, 0.1) is 0 Å². The van der Waals surface area contributed by atoms with E-state index in [4.69, 9.17) is 27.9 Å². The SMILES string of the molecule is COc1cccc(CSc2nnc(CNC(=O)c3cccc4ccccc34)n2-c2ccc(Cl)cc2Cl)c1. The number of methoxy groups -OCH3 is 1. The molecular weight excluding hydrogens is 527 g/mol. The first-order valence-corrected chi connectivity index (χ1v) is 13.2. The molecule has 1 aromatic heterocycles. The molecule has 0 spiro atoms. The van der Waals surface area contributed by atoms with Gasteiger partial charge < -0.3 is 10.1 Å². The van der Waals surface area contributed by atoms with E-state index in [-0.39, 0.29) is 12.5 Å². The molecule has 6 nitrogen and oxygen atoms in total. The van der Waals surface area contributed by atoms with Crippen LogP contribution in [0.1, 0.15) is 21.7 Å². The van der Waals surface area contributed by atoms with Gasteiger partial charge in [0.05, 0.1) is 24.4 Å². The van der Waals surface area contributed by atoms with Crippen molar-refractivity contribution in [1.82, 2.24) is 20.1 Å². The molecule has 0 unspecified atom stereocenters. The second-order valence-corrected chi connectivity index (χ2v) is 9.97. The number of carbonyl (C=O) groups is 1. The molecule has 1 heterocycles. The summed E-state index contributed by atoms with van der Waals surface area (Å²) in [6, 6.07) is 26.6. The lowest BCUT2D eigenvalue weighted by Gasteiger charge is -2.13. The Morgan fingerprint density at radius 3 is 2.62 bits per heavy atom. The molecule has 0 fully saturated rings. The highest BCUT2D eigenvalue weighted by Gasteiger charge is 2.19. The summed E-state index contributed by atoms with van der Waals surface area (Å²) in [6.45, 7) is 0.160. The lowest BCUT2D eigenvalue weighted by molar-refractivity contribution is 0.0951. The van der Waals surface area contributed by atoms with Gasteiger partial charge in [-0.05, 0) is 52.7 Å². The number of hydrogen-bond donors (Lipinski definition) is 1. The molecule has 186 valence electrons. The van der Waals surface area contributed by atoms with Gasteiger partial charge in [0.15, 0.2) is 11.0 Å². The van der Waals surface area contributed by atoms with Crippen LogP contribution < -0.4 is 10.1 Å². The van der Waals surface area contributed by atoms with Crippen LogP contribution in [0.4, 0.5) is 0 Å². The van der Waals surface area contributed by atoms with Gasteiger partial charge in [0, 0.05) is 16.3 Å². The fourth-order valence-corrected chi connectivity index (χ4v) is 5.40. The summed E-state index contributed by atoms with van der Waals surface area (Å²) in [4.78, 5) is 13.1. The van der Waals surface area contributed by atoms with Crippen LogP contribution in [0.2, 0.25) is 10.0 Å². The van der Waals surface area contributed by atoms with E-state index in [1.54, 1.807) is 19.2 Å². The topological polar surface area (TPSA) is 69.0 Å². The molecule has 0 aliphatic rings. The summed E-state index contributed by atoms with van der Waals surface area (Å²) in [7, 11) is 1.64. The number of nitrogens with one attached hydrogen (secondary N) is 1. The predicted octanol–water partition coefficient (Wildman–Crippen LogP) is 6.96. The first kappa shape index (κ1) is 25.1. The number of amides is 1. The standard InChI is InChI=1S/C28H22Cl2N4O2S/c1-36-21-9-4-6-18(14-21)17-37-28-33-32-26(34(28)25-13-12-20(29)15-24(25)30)16-31-27(35)23-11-5-8-19-7-2-3-10-22(19)23/h2-15H,16-17H2,1H3,(H,31,35). The van der Waals surface area contributed by atoms with E-state index in [0.29, 0.717) is 38.0 Å². The number of aromatic nitrogens is 3. The van der Waals surface area contributed by atoms with Gasteiger partial charge in [-0.3, -0.25) is 9.36 Å². The molecule has 9 heteroatoms. The molecule has 5 rings (SSSR count). The van der Waals surface area contributed by atoms with Crippen LogP contribution in [0.15, 0.2) is 90.1 Å². The second-order valence-electron chi connectivity index (χ2n) is 8.18. The third-order valence-corrected chi connectivity index (χ3v) is 7.33. The molecule has 4 aromatic carbocycles. The molecule has 5 aromatic rings. The van der Waals surface area contributed by atoms with Gasteiger partial charge in [-0.15, -0.1) is 10.2 Å². The van der Waals surface area contributed by atoms with Gasteiger partial charge in [-0.2, -0.15) is 0 Å². The fraction of sp³-hybridized carbons (Fsp3) is 0.107. The average Bonchev–Trinajstić information content (AvgIpc) is 3.32. The lowest BCUT2D eigenvalue weighted by Crippen LogP contribution is -2.25. The molecule has 0 saturated carbocycles. The van der Waals surface area contributed by atoms with Crippen molar-refractivity contribution in [2.24, 2.45) is 0 Å². The number of halogens is 2. The second kappa shape index (κ2) is 11.3. The van der Waals surface area contributed by atoms with E-state index in [0.717, 1.165) is 22.1 Å². The van der Waals surface area contributed by atoms with Crippen molar-refractivity contribution < 1.29 is 9.53 Å². The Hall–Kier alpha value is -3.52. The highest BCUT2D eigenvalue weighted by Crippen LogP contribution is 2.31. The first-order chi connectivity index (χ1) is 18.0. The Bertz CT molecular complexity index is 1580. The van der Waals surface area contributed by atoms with Crippen LogP contribution in [0.5, 0.6) is 5.75 Å². The smallest absolute Gasteiger partial charge is 0.252 e. The van der Waals surface area contributed by atoms with Crippen molar-refractivity contribution in [2.75, 3.05) is 7.11 Å². The van der Waals surface area contributed by atoms with Crippen molar-refractivity contribution >= 4 is 51.6 Å². The van der Waals surface area contributed by atoms with E-state index >= 15 is 0 Å².